The number of urea groups is 1. The summed E-state index contributed by atoms with van der Waals surface area (Å²) >= 11 is 0. The zero-order chi connectivity index (χ0) is 17.6. The molecular weight excluding hydrogens is 314 g/mol. The quantitative estimate of drug-likeness (QED) is 0.910. The monoisotopic (exact) mass is 339 g/mol. The van der Waals surface area contributed by atoms with E-state index >= 15 is 0 Å². The summed E-state index contributed by atoms with van der Waals surface area (Å²) in [4.78, 5) is 24.9. The molecule has 1 saturated heterocycles. The van der Waals surface area contributed by atoms with Crippen LogP contribution in [0.2, 0.25) is 0 Å². The van der Waals surface area contributed by atoms with Crippen molar-refractivity contribution in [2.75, 3.05) is 32.0 Å². The maximum absolute atomic E-state index is 12.5. The predicted molar refractivity (Wildman–Crippen MR) is 98.2 cm³/mol. The van der Waals surface area contributed by atoms with Gasteiger partial charge in [-0.25, -0.2) is 4.79 Å². The number of aryl methyl sites for hydroxylation is 1. The molecular formula is C19H25N5O. The molecule has 0 spiro atoms. The van der Waals surface area contributed by atoms with Gasteiger partial charge in [-0.3, -0.25) is 9.97 Å². The molecule has 2 aromatic heterocycles. The number of carbonyl (C=O) groups is 1. The van der Waals surface area contributed by atoms with E-state index in [1.807, 2.05) is 30.2 Å². The van der Waals surface area contributed by atoms with Gasteiger partial charge in [0, 0.05) is 44.8 Å². The normalized spacial score (nSPS) is 17.1. The van der Waals surface area contributed by atoms with Crippen molar-refractivity contribution >= 4 is 11.7 Å². The number of carbonyl (C=O) groups excluding carboxylic acids is 1. The zero-order valence-electron chi connectivity index (χ0n) is 14.9. The van der Waals surface area contributed by atoms with E-state index in [0.717, 1.165) is 43.9 Å². The molecule has 6 heteroatoms. The largest absolute Gasteiger partial charge is 0.324 e. The Labute approximate surface area is 148 Å². The Bertz CT molecular complexity index is 706. The number of hydrogen-bond donors (Lipinski definition) is 1. The Kier molecular flexibility index (Phi) is 5.60. The van der Waals surface area contributed by atoms with E-state index in [1.165, 1.54) is 5.56 Å². The molecule has 0 aromatic carbocycles. The molecule has 1 aliphatic rings. The number of likely N-dealkylation sites (tertiary alicyclic amines) is 1. The van der Waals surface area contributed by atoms with Crippen molar-refractivity contribution in [3.8, 4) is 0 Å². The second-order valence-corrected chi connectivity index (χ2v) is 6.78. The molecule has 3 rings (SSSR count). The van der Waals surface area contributed by atoms with Crippen LogP contribution < -0.4 is 5.32 Å². The molecule has 0 bridgehead atoms. The molecule has 0 aliphatic carbocycles. The number of amides is 2. The highest BCUT2D eigenvalue weighted by Crippen LogP contribution is 2.20. The van der Waals surface area contributed by atoms with Gasteiger partial charge in [-0.2, -0.15) is 0 Å². The van der Waals surface area contributed by atoms with Gasteiger partial charge in [-0.1, -0.05) is 6.07 Å². The van der Waals surface area contributed by atoms with Gasteiger partial charge >= 0.3 is 6.03 Å². The van der Waals surface area contributed by atoms with E-state index in [4.69, 9.17) is 0 Å². The van der Waals surface area contributed by atoms with E-state index in [-0.39, 0.29) is 6.03 Å². The zero-order valence-corrected chi connectivity index (χ0v) is 14.9. The Morgan fingerprint density at radius 2 is 2.16 bits per heavy atom. The maximum atomic E-state index is 12.5. The van der Waals surface area contributed by atoms with Crippen LogP contribution in [0.15, 0.2) is 43.0 Å². The van der Waals surface area contributed by atoms with Crippen LogP contribution in [0.3, 0.4) is 0 Å². The van der Waals surface area contributed by atoms with Crippen LogP contribution in [0.5, 0.6) is 0 Å². The number of rotatable bonds is 5. The third-order valence-electron chi connectivity index (χ3n) is 4.60. The summed E-state index contributed by atoms with van der Waals surface area (Å²) in [6, 6.07) is 5.92. The minimum Gasteiger partial charge on any atom is -0.324 e. The third-order valence-corrected chi connectivity index (χ3v) is 4.60. The van der Waals surface area contributed by atoms with Gasteiger partial charge in [0.1, 0.15) is 0 Å². The first-order valence-corrected chi connectivity index (χ1v) is 8.66. The minimum absolute atomic E-state index is 0.0338. The number of nitrogens with one attached hydrogen (secondary N) is 1. The highest BCUT2D eigenvalue weighted by atomic mass is 16.2. The van der Waals surface area contributed by atoms with Gasteiger partial charge in [-0.05, 0) is 49.6 Å². The molecule has 1 N–H and O–H groups in total. The molecule has 2 amide bonds. The molecule has 2 aromatic rings. The average molecular weight is 339 g/mol. The topological polar surface area (TPSA) is 61.4 Å². The number of nitrogens with zero attached hydrogens (tertiary/aromatic N) is 4. The molecule has 3 heterocycles. The van der Waals surface area contributed by atoms with Gasteiger partial charge < -0.3 is 15.1 Å². The smallest absolute Gasteiger partial charge is 0.321 e. The number of aromatic nitrogens is 2. The molecule has 132 valence electrons. The van der Waals surface area contributed by atoms with Crippen LogP contribution in [-0.2, 0) is 6.54 Å². The average Bonchev–Trinajstić information content (AvgIpc) is 3.06. The van der Waals surface area contributed by atoms with E-state index in [1.54, 1.807) is 18.6 Å². The van der Waals surface area contributed by atoms with Crippen LogP contribution in [0.25, 0.3) is 0 Å². The first-order chi connectivity index (χ1) is 12.1. The Balaban J connectivity index is 1.48. The van der Waals surface area contributed by atoms with E-state index < -0.39 is 0 Å². The fourth-order valence-electron chi connectivity index (χ4n) is 3.26. The first-order valence-electron chi connectivity index (χ1n) is 8.66. The molecule has 25 heavy (non-hydrogen) atoms. The van der Waals surface area contributed by atoms with Crippen molar-refractivity contribution in [1.82, 2.24) is 19.8 Å². The fraction of sp³-hybridized carbons (Fsp3) is 0.421. The van der Waals surface area contributed by atoms with Crippen molar-refractivity contribution in [3.05, 3.63) is 54.1 Å². The standard InChI is InChI=1S/C19H25N5O/c1-15-5-8-21-11-18(15)22-19(25)24-9-6-17(14-24)13-23(2)12-16-4-3-7-20-10-16/h3-5,7-8,10-11,17H,6,9,12-14H2,1-2H3,(H,22,25)/t17-/m1/s1. The van der Waals surface area contributed by atoms with E-state index in [0.29, 0.717) is 5.92 Å². The van der Waals surface area contributed by atoms with Gasteiger partial charge in [0.05, 0.1) is 11.9 Å². The predicted octanol–water partition coefficient (Wildman–Crippen LogP) is 2.77. The van der Waals surface area contributed by atoms with Crippen LogP contribution in [0, 0.1) is 12.8 Å². The SMILES string of the molecule is Cc1ccncc1NC(=O)N1CC[C@H](CN(C)Cc2cccnc2)C1. The van der Waals surface area contributed by atoms with Crippen molar-refractivity contribution in [2.45, 2.75) is 19.9 Å². The molecule has 0 unspecified atom stereocenters. The lowest BCUT2D eigenvalue weighted by Crippen LogP contribution is -2.34. The lowest BCUT2D eigenvalue weighted by Gasteiger charge is -2.22. The summed E-state index contributed by atoms with van der Waals surface area (Å²) in [7, 11) is 2.12. The summed E-state index contributed by atoms with van der Waals surface area (Å²) in [6.45, 7) is 5.42. The molecule has 6 nitrogen and oxygen atoms in total. The van der Waals surface area contributed by atoms with Gasteiger partial charge in [0.2, 0.25) is 0 Å². The van der Waals surface area contributed by atoms with Crippen molar-refractivity contribution in [2.24, 2.45) is 5.92 Å². The Morgan fingerprint density at radius 1 is 1.32 bits per heavy atom. The van der Waals surface area contributed by atoms with Crippen molar-refractivity contribution < 1.29 is 4.79 Å². The first kappa shape index (κ1) is 17.4. The van der Waals surface area contributed by atoms with Crippen molar-refractivity contribution in [1.29, 1.82) is 0 Å². The lowest BCUT2D eigenvalue weighted by molar-refractivity contribution is 0.216. The Morgan fingerprint density at radius 3 is 2.92 bits per heavy atom. The Hall–Kier alpha value is -2.47. The second kappa shape index (κ2) is 8.07. The number of anilines is 1. The van der Waals surface area contributed by atoms with Crippen LogP contribution in [-0.4, -0.2) is 52.5 Å². The number of hydrogen-bond acceptors (Lipinski definition) is 4. The van der Waals surface area contributed by atoms with E-state index in [9.17, 15) is 4.79 Å². The fourth-order valence-corrected chi connectivity index (χ4v) is 3.26. The maximum Gasteiger partial charge on any atom is 0.321 e. The molecule has 1 aliphatic heterocycles. The van der Waals surface area contributed by atoms with Gasteiger partial charge in [-0.15, -0.1) is 0 Å². The van der Waals surface area contributed by atoms with E-state index in [2.05, 4.69) is 33.3 Å². The third kappa shape index (κ3) is 4.76. The summed E-state index contributed by atoms with van der Waals surface area (Å²) in [5, 5.41) is 2.97. The highest BCUT2D eigenvalue weighted by molar-refractivity contribution is 5.90. The highest BCUT2D eigenvalue weighted by Gasteiger charge is 2.27. The second-order valence-electron chi connectivity index (χ2n) is 6.78. The number of pyridine rings is 2. The summed E-state index contributed by atoms with van der Waals surface area (Å²) < 4.78 is 0. The molecule has 0 radical (unpaired) electrons. The molecule has 1 atom stereocenters. The van der Waals surface area contributed by atoms with Crippen LogP contribution in [0.4, 0.5) is 10.5 Å². The minimum atomic E-state index is -0.0338. The molecule has 0 saturated carbocycles. The summed E-state index contributed by atoms with van der Waals surface area (Å²) in [6.07, 6.45) is 8.16. The molecule has 1 fully saturated rings. The van der Waals surface area contributed by atoms with Gasteiger partial charge in [0.25, 0.3) is 0 Å². The van der Waals surface area contributed by atoms with Crippen molar-refractivity contribution in [3.63, 3.8) is 0 Å². The van der Waals surface area contributed by atoms with Crippen LogP contribution >= 0.6 is 0 Å². The summed E-state index contributed by atoms with van der Waals surface area (Å²) in [5.74, 6) is 0.502. The van der Waals surface area contributed by atoms with Gasteiger partial charge in [0.15, 0.2) is 0 Å². The lowest BCUT2D eigenvalue weighted by atomic mass is 10.1. The van der Waals surface area contributed by atoms with Crippen LogP contribution in [0.1, 0.15) is 17.5 Å². The summed E-state index contributed by atoms with van der Waals surface area (Å²) in [5.41, 5.74) is 3.02.